The molecule has 5 heteroatoms. The van der Waals surface area contributed by atoms with Crippen molar-refractivity contribution >= 4 is 22.5 Å². The molecule has 0 spiro atoms. The summed E-state index contributed by atoms with van der Waals surface area (Å²) in [7, 11) is -0.814. The SMILES string of the molecule is Cc1cc(C(=O)O)ccc1NCCS(C)=O. The molecule has 0 heterocycles. The first-order valence-corrected chi connectivity index (χ1v) is 6.61. The van der Waals surface area contributed by atoms with E-state index in [1.165, 1.54) is 0 Å². The zero-order valence-electron chi connectivity index (χ0n) is 9.32. The lowest BCUT2D eigenvalue weighted by atomic mass is 10.1. The first-order chi connectivity index (χ1) is 7.50. The Hall–Kier alpha value is -1.36. The highest BCUT2D eigenvalue weighted by molar-refractivity contribution is 7.84. The number of rotatable bonds is 5. The lowest BCUT2D eigenvalue weighted by Gasteiger charge is -2.09. The Morgan fingerprint density at radius 1 is 1.50 bits per heavy atom. The van der Waals surface area contributed by atoms with Gasteiger partial charge in [0.25, 0.3) is 0 Å². The van der Waals surface area contributed by atoms with Crippen molar-refractivity contribution in [2.75, 3.05) is 23.9 Å². The van der Waals surface area contributed by atoms with Gasteiger partial charge < -0.3 is 10.4 Å². The second-order valence-corrected chi connectivity index (χ2v) is 5.09. The number of carboxylic acids is 1. The fraction of sp³-hybridized carbons (Fsp3) is 0.364. The van der Waals surface area contributed by atoms with Crippen molar-refractivity contribution in [3.8, 4) is 0 Å². The average molecular weight is 241 g/mol. The van der Waals surface area contributed by atoms with Crippen LogP contribution in [0.2, 0.25) is 0 Å². The summed E-state index contributed by atoms with van der Waals surface area (Å²) in [5.74, 6) is -0.343. The molecule has 0 aliphatic rings. The third kappa shape index (κ3) is 3.66. The second-order valence-electron chi connectivity index (χ2n) is 3.54. The van der Waals surface area contributed by atoms with E-state index in [0.29, 0.717) is 12.3 Å². The van der Waals surface area contributed by atoms with Crippen LogP contribution in [0.3, 0.4) is 0 Å². The molecule has 2 N–H and O–H groups in total. The first kappa shape index (κ1) is 12.7. The number of nitrogens with one attached hydrogen (secondary N) is 1. The van der Waals surface area contributed by atoms with Crippen LogP contribution in [0.25, 0.3) is 0 Å². The summed E-state index contributed by atoms with van der Waals surface area (Å²) < 4.78 is 10.9. The summed E-state index contributed by atoms with van der Waals surface area (Å²) in [6.07, 6.45) is 1.65. The maximum Gasteiger partial charge on any atom is 0.335 e. The quantitative estimate of drug-likeness (QED) is 0.819. The summed E-state index contributed by atoms with van der Waals surface area (Å²) in [6.45, 7) is 2.47. The molecule has 0 aromatic heterocycles. The van der Waals surface area contributed by atoms with E-state index in [4.69, 9.17) is 5.11 Å². The number of carbonyl (C=O) groups is 1. The van der Waals surface area contributed by atoms with E-state index in [1.54, 1.807) is 24.5 Å². The molecule has 0 fully saturated rings. The molecule has 4 nitrogen and oxygen atoms in total. The van der Waals surface area contributed by atoms with E-state index in [2.05, 4.69) is 5.32 Å². The summed E-state index contributed by atoms with van der Waals surface area (Å²) in [6, 6.07) is 4.91. The van der Waals surface area contributed by atoms with Gasteiger partial charge in [-0.1, -0.05) is 0 Å². The van der Waals surface area contributed by atoms with Crippen LogP contribution >= 0.6 is 0 Å². The predicted octanol–water partition coefficient (Wildman–Crippen LogP) is 1.48. The van der Waals surface area contributed by atoms with Gasteiger partial charge in [-0.05, 0) is 30.7 Å². The summed E-state index contributed by atoms with van der Waals surface area (Å²) in [4.78, 5) is 10.7. The number of hydrogen-bond donors (Lipinski definition) is 2. The maximum absolute atomic E-state index is 10.9. The molecular weight excluding hydrogens is 226 g/mol. The smallest absolute Gasteiger partial charge is 0.335 e. The van der Waals surface area contributed by atoms with Gasteiger partial charge >= 0.3 is 5.97 Å². The molecule has 0 saturated carbocycles. The Morgan fingerprint density at radius 2 is 2.19 bits per heavy atom. The normalized spacial score (nSPS) is 12.1. The predicted molar refractivity (Wildman–Crippen MR) is 65.6 cm³/mol. The van der Waals surface area contributed by atoms with E-state index in [9.17, 15) is 9.00 Å². The molecule has 1 unspecified atom stereocenters. The van der Waals surface area contributed by atoms with Gasteiger partial charge in [-0.15, -0.1) is 0 Å². The molecule has 0 aliphatic carbocycles. The third-order valence-electron chi connectivity index (χ3n) is 2.18. The largest absolute Gasteiger partial charge is 0.478 e. The van der Waals surface area contributed by atoms with Gasteiger partial charge in [0.05, 0.1) is 5.56 Å². The van der Waals surface area contributed by atoms with Crippen molar-refractivity contribution < 1.29 is 14.1 Å². The molecule has 88 valence electrons. The van der Waals surface area contributed by atoms with Crippen molar-refractivity contribution in [3.63, 3.8) is 0 Å². The number of anilines is 1. The topological polar surface area (TPSA) is 66.4 Å². The minimum Gasteiger partial charge on any atom is -0.478 e. The first-order valence-electron chi connectivity index (χ1n) is 4.88. The van der Waals surface area contributed by atoms with Crippen molar-refractivity contribution in [2.24, 2.45) is 0 Å². The molecule has 1 atom stereocenters. The van der Waals surface area contributed by atoms with Gasteiger partial charge in [0, 0.05) is 35.0 Å². The highest BCUT2D eigenvalue weighted by Gasteiger charge is 2.05. The summed E-state index contributed by atoms with van der Waals surface area (Å²) >= 11 is 0. The average Bonchev–Trinajstić information content (AvgIpc) is 2.19. The van der Waals surface area contributed by atoms with Gasteiger partial charge in [-0.25, -0.2) is 4.79 Å². The van der Waals surface area contributed by atoms with Crippen LogP contribution in [-0.4, -0.2) is 33.8 Å². The van der Waals surface area contributed by atoms with Crippen LogP contribution in [0, 0.1) is 6.92 Å². The number of carboxylic acid groups (broad SMARTS) is 1. The highest BCUT2D eigenvalue weighted by atomic mass is 32.2. The lowest BCUT2D eigenvalue weighted by Crippen LogP contribution is -2.11. The molecule has 1 rings (SSSR count). The van der Waals surface area contributed by atoms with Crippen molar-refractivity contribution in [2.45, 2.75) is 6.92 Å². The molecule has 16 heavy (non-hydrogen) atoms. The molecular formula is C11H15NO3S. The molecule has 1 aromatic carbocycles. The molecule has 1 aromatic rings. The number of aryl methyl sites for hydroxylation is 1. The molecule has 0 aliphatic heterocycles. The molecule has 0 bridgehead atoms. The minimum absolute atomic E-state index is 0.280. The maximum atomic E-state index is 10.9. The fourth-order valence-electron chi connectivity index (χ4n) is 1.32. The van der Waals surface area contributed by atoms with E-state index >= 15 is 0 Å². The van der Waals surface area contributed by atoms with Gasteiger partial charge in [0.15, 0.2) is 0 Å². The van der Waals surface area contributed by atoms with Gasteiger partial charge in [0.1, 0.15) is 0 Å². The van der Waals surface area contributed by atoms with Crippen molar-refractivity contribution in [1.82, 2.24) is 0 Å². The third-order valence-corrected chi connectivity index (χ3v) is 2.96. The second kappa shape index (κ2) is 5.65. The van der Waals surface area contributed by atoms with Crippen LogP contribution in [-0.2, 0) is 10.8 Å². The monoisotopic (exact) mass is 241 g/mol. The lowest BCUT2D eigenvalue weighted by molar-refractivity contribution is 0.0697. The van der Waals surface area contributed by atoms with Gasteiger partial charge in [-0.2, -0.15) is 0 Å². The van der Waals surface area contributed by atoms with Crippen LogP contribution in [0.15, 0.2) is 18.2 Å². The Bertz CT molecular complexity index is 418. The Kier molecular flexibility index (Phi) is 4.49. The fourth-order valence-corrected chi connectivity index (χ4v) is 1.71. The highest BCUT2D eigenvalue weighted by Crippen LogP contribution is 2.16. The Morgan fingerprint density at radius 3 is 2.69 bits per heavy atom. The van der Waals surface area contributed by atoms with Crippen LogP contribution < -0.4 is 5.32 Å². The van der Waals surface area contributed by atoms with Crippen molar-refractivity contribution in [1.29, 1.82) is 0 Å². The standard InChI is InChI=1S/C11H15NO3S/c1-8-7-9(11(13)14)3-4-10(8)12-5-6-16(2)15/h3-4,7,12H,5-6H2,1-2H3,(H,13,14). The van der Waals surface area contributed by atoms with Gasteiger partial charge in [0.2, 0.25) is 0 Å². The zero-order chi connectivity index (χ0) is 12.1. The molecule has 0 saturated heterocycles. The Balaban J connectivity index is 2.68. The number of aromatic carboxylic acids is 1. The number of benzene rings is 1. The van der Waals surface area contributed by atoms with Crippen molar-refractivity contribution in [3.05, 3.63) is 29.3 Å². The minimum atomic E-state index is -0.927. The summed E-state index contributed by atoms with van der Waals surface area (Å²) in [5.41, 5.74) is 2.04. The van der Waals surface area contributed by atoms with Crippen LogP contribution in [0.1, 0.15) is 15.9 Å². The van der Waals surface area contributed by atoms with E-state index in [-0.39, 0.29) is 5.56 Å². The Labute approximate surface area is 97.1 Å². The number of hydrogen-bond acceptors (Lipinski definition) is 3. The van der Waals surface area contributed by atoms with Crippen LogP contribution in [0.5, 0.6) is 0 Å². The van der Waals surface area contributed by atoms with Gasteiger partial charge in [-0.3, -0.25) is 4.21 Å². The molecule has 0 amide bonds. The van der Waals surface area contributed by atoms with Crippen LogP contribution in [0.4, 0.5) is 5.69 Å². The van der Waals surface area contributed by atoms with E-state index in [1.807, 2.05) is 6.92 Å². The summed E-state index contributed by atoms with van der Waals surface area (Å²) in [5, 5.41) is 11.9. The molecule has 0 radical (unpaired) electrons. The van der Waals surface area contributed by atoms with E-state index in [0.717, 1.165) is 11.3 Å². The zero-order valence-corrected chi connectivity index (χ0v) is 10.1. The van der Waals surface area contributed by atoms with E-state index < -0.39 is 16.8 Å².